The molecule has 1 spiro atoms. The number of aromatic nitrogens is 3. The quantitative estimate of drug-likeness (QED) is 0.854. The Labute approximate surface area is 149 Å². The van der Waals surface area contributed by atoms with Crippen LogP contribution in [0, 0.1) is 5.41 Å². The predicted molar refractivity (Wildman–Crippen MR) is 97.4 cm³/mol. The number of nitrogens with zero attached hydrogens (tertiary/aromatic N) is 5. The molecule has 4 rings (SSSR count). The Morgan fingerprint density at radius 3 is 2.80 bits per heavy atom. The van der Waals surface area contributed by atoms with Crippen molar-refractivity contribution in [3.8, 4) is 0 Å². The fourth-order valence-corrected chi connectivity index (χ4v) is 4.05. The molecule has 0 unspecified atom stereocenters. The van der Waals surface area contributed by atoms with E-state index >= 15 is 0 Å². The number of hydrogen-bond donors (Lipinski definition) is 0. The molecule has 0 aromatic carbocycles. The summed E-state index contributed by atoms with van der Waals surface area (Å²) in [5.41, 5.74) is 2.77. The maximum Gasteiger partial charge on any atom is 0.0641 e. The van der Waals surface area contributed by atoms with Gasteiger partial charge in [-0.05, 0) is 38.1 Å². The Bertz CT molecular complexity index is 678. The Kier molecular flexibility index (Phi) is 4.72. The van der Waals surface area contributed by atoms with Crippen molar-refractivity contribution in [3.63, 3.8) is 0 Å². The van der Waals surface area contributed by atoms with Crippen molar-refractivity contribution in [3.05, 3.63) is 42.5 Å². The Hall–Kier alpha value is -1.92. The van der Waals surface area contributed by atoms with Crippen molar-refractivity contribution >= 4 is 5.69 Å². The standard InChI is InChI=1S/C19H27N5O/c1-22-13-17(11-21-22)14-23-7-4-19(5-8-23)15-24(9-10-25-16-19)18-3-2-6-20-12-18/h2-3,6,11-13H,4-5,7-10,14-16H2,1H3. The first-order valence-electron chi connectivity index (χ1n) is 9.15. The summed E-state index contributed by atoms with van der Waals surface area (Å²) in [6.07, 6.45) is 10.3. The molecule has 6 heteroatoms. The van der Waals surface area contributed by atoms with E-state index in [0.29, 0.717) is 0 Å². The summed E-state index contributed by atoms with van der Waals surface area (Å²) in [6.45, 7) is 6.95. The Morgan fingerprint density at radius 2 is 2.08 bits per heavy atom. The van der Waals surface area contributed by atoms with Gasteiger partial charge in [-0.2, -0.15) is 5.10 Å². The van der Waals surface area contributed by atoms with Crippen LogP contribution in [0.1, 0.15) is 18.4 Å². The van der Waals surface area contributed by atoms with Crippen molar-refractivity contribution < 1.29 is 4.74 Å². The lowest BCUT2D eigenvalue weighted by atomic mass is 9.78. The fraction of sp³-hybridized carbons (Fsp3) is 0.579. The highest BCUT2D eigenvalue weighted by Crippen LogP contribution is 2.36. The van der Waals surface area contributed by atoms with E-state index in [1.807, 2.05) is 36.4 Å². The molecule has 25 heavy (non-hydrogen) atoms. The molecule has 2 aliphatic heterocycles. The van der Waals surface area contributed by atoms with Crippen LogP contribution in [0.25, 0.3) is 0 Å². The van der Waals surface area contributed by atoms with Crippen molar-refractivity contribution in [1.82, 2.24) is 19.7 Å². The molecule has 2 aromatic heterocycles. The largest absolute Gasteiger partial charge is 0.379 e. The first-order valence-corrected chi connectivity index (χ1v) is 9.15. The fourth-order valence-electron chi connectivity index (χ4n) is 4.05. The molecule has 2 aliphatic rings. The van der Waals surface area contributed by atoms with Gasteiger partial charge in [0.25, 0.3) is 0 Å². The van der Waals surface area contributed by atoms with E-state index in [1.54, 1.807) is 0 Å². The molecule has 0 bridgehead atoms. The Morgan fingerprint density at radius 1 is 1.20 bits per heavy atom. The van der Waals surface area contributed by atoms with Gasteiger partial charge in [0.05, 0.1) is 31.3 Å². The molecular weight excluding hydrogens is 314 g/mol. The molecule has 0 atom stereocenters. The summed E-state index contributed by atoms with van der Waals surface area (Å²) in [5, 5.41) is 4.28. The summed E-state index contributed by atoms with van der Waals surface area (Å²) in [7, 11) is 1.98. The third-order valence-corrected chi connectivity index (χ3v) is 5.53. The van der Waals surface area contributed by atoms with Crippen LogP contribution in [0.5, 0.6) is 0 Å². The maximum absolute atomic E-state index is 6.00. The highest BCUT2D eigenvalue weighted by molar-refractivity contribution is 5.44. The zero-order valence-corrected chi connectivity index (χ0v) is 15.0. The number of likely N-dealkylation sites (tertiary alicyclic amines) is 1. The van der Waals surface area contributed by atoms with Gasteiger partial charge in [-0.15, -0.1) is 0 Å². The van der Waals surface area contributed by atoms with E-state index in [0.717, 1.165) is 45.9 Å². The average molecular weight is 341 g/mol. The molecule has 0 N–H and O–H groups in total. The Balaban J connectivity index is 1.40. The number of ether oxygens (including phenoxy) is 1. The maximum atomic E-state index is 6.00. The van der Waals surface area contributed by atoms with Crippen molar-refractivity contribution in [1.29, 1.82) is 0 Å². The topological polar surface area (TPSA) is 46.4 Å². The number of hydrogen-bond acceptors (Lipinski definition) is 5. The van der Waals surface area contributed by atoms with E-state index in [1.165, 1.54) is 24.1 Å². The lowest BCUT2D eigenvalue weighted by Crippen LogP contribution is -2.47. The third kappa shape index (κ3) is 3.85. The molecule has 2 aromatic rings. The summed E-state index contributed by atoms with van der Waals surface area (Å²) in [4.78, 5) is 9.28. The van der Waals surface area contributed by atoms with E-state index in [-0.39, 0.29) is 5.41 Å². The second-order valence-corrected chi connectivity index (χ2v) is 7.48. The zero-order valence-electron chi connectivity index (χ0n) is 15.0. The van der Waals surface area contributed by atoms with Crippen molar-refractivity contribution in [2.45, 2.75) is 19.4 Å². The second-order valence-electron chi connectivity index (χ2n) is 7.48. The minimum atomic E-state index is 0.262. The van der Waals surface area contributed by atoms with Gasteiger partial charge in [0.2, 0.25) is 0 Å². The average Bonchev–Trinajstić information content (AvgIpc) is 2.94. The van der Waals surface area contributed by atoms with E-state index in [9.17, 15) is 0 Å². The minimum Gasteiger partial charge on any atom is -0.379 e. The van der Waals surface area contributed by atoms with Crippen LogP contribution in [-0.2, 0) is 18.3 Å². The van der Waals surface area contributed by atoms with Crippen LogP contribution in [0.2, 0.25) is 0 Å². The summed E-state index contributed by atoms with van der Waals surface area (Å²) in [6, 6.07) is 4.17. The first kappa shape index (κ1) is 16.5. The molecule has 0 amide bonds. The highest BCUT2D eigenvalue weighted by Gasteiger charge is 2.38. The summed E-state index contributed by atoms with van der Waals surface area (Å²) < 4.78 is 7.88. The number of aryl methyl sites for hydroxylation is 1. The predicted octanol–water partition coefficient (Wildman–Crippen LogP) is 1.93. The van der Waals surface area contributed by atoms with Gasteiger partial charge in [0.15, 0.2) is 0 Å². The molecule has 134 valence electrons. The molecule has 0 saturated carbocycles. The van der Waals surface area contributed by atoms with E-state index in [4.69, 9.17) is 4.74 Å². The molecule has 4 heterocycles. The van der Waals surface area contributed by atoms with Crippen molar-refractivity contribution in [2.75, 3.05) is 44.3 Å². The van der Waals surface area contributed by atoms with Crippen LogP contribution in [-0.4, -0.2) is 59.1 Å². The monoisotopic (exact) mass is 341 g/mol. The lowest BCUT2D eigenvalue weighted by molar-refractivity contribution is 0.0201. The van der Waals surface area contributed by atoms with E-state index < -0.39 is 0 Å². The SMILES string of the molecule is Cn1cc(CN2CCC3(CC2)COCCN(c2cccnc2)C3)cn1. The third-order valence-electron chi connectivity index (χ3n) is 5.53. The number of pyridine rings is 1. The van der Waals surface area contributed by atoms with Gasteiger partial charge in [-0.1, -0.05) is 0 Å². The van der Waals surface area contributed by atoms with Gasteiger partial charge in [-0.3, -0.25) is 14.6 Å². The smallest absolute Gasteiger partial charge is 0.0641 e. The molecule has 0 aliphatic carbocycles. The molecular formula is C19H27N5O. The highest BCUT2D eigenvalue weighted by atomic mass is 16.5. The second kappa shape index (κ2) is 7.14. The van der Waals surface area contributed by atoms with Gasteiger partial charge >= 0.3 is 0 Å². The number of rotatable bonds is 3. The summed E-state index contributed by atoms with van der Waals surface area (Å²) in [5.74, 6) is 0. The lowest BCUT2D eigenvalue weighted by Gasteiger charge is -2.43. The van der Waals surface area contributed by atoms with Crippen LogP contribution in [0.4, 0.5) is 5.69 Å². The molecule has 0 radical (unpaired) electrons. The zero-order chi connectivity index (χ0) is 17.1. The normalized spacial score (nSPS) is 21.4. The van der Waals surface area contributed by atoms with Crippen LogP contribution < -0.4 is 4.90 Å². The summed E-state index contributed by atoms with van der Waals surface area (Å²) >= 11 is 0. The van der Waals surface area contributed by atoms with Crippen LogP contribution >= 0.6 is 0 Å². The van der Waals surface area contributed by atoms with Crippen LogP contribution in [0.15, 0.2) is 36.9 Å². The van der Waals surface area contributed by atoms with E-state index in [2.05, 4.69) is 32.1 Å². The van der Waals surface area contributed by atoms with Gasteiger partial charge < -0.3 is 9.64 Å². The number of piperidine rings is 1. The first-order chi connectivity index (χ1) is 12.2. The molecule has 2 fully saturated rings. The minimum absolute atomic E-state index is 0.262. The van der Waals surface area contributed by atoms with Gasteiger partial charge in [-0.25, -0.2) is 0 Å². The van der Waals surface area contributed by atoms with Gasteiger partial charge in [0, 0.05) is 50.1 Å². The van der Waals surface area contributed by atoms with Gasteiger partial charge in [0.1, 0.15) is 0 Å². The molecule has 2 saturated heterocycles. The molecule has 6 nitrogen and oxygen atoms in total. The van der Waals surface area contributed by atoms with Crippen LogP contribution in [0.3, 0.4) is 0 Å². The number of anilines is 1. The van der Waals surface area contributed by atoms with Crippen molar-refractivity contribution in [2.24, 2.45) is 12.5 Å².